The maximum absolute atomic E-state index is 11.3. The van der Waals surface area contributed by atoms with Gasteiger partial charge in [0.25, 0.3) is 0 Å². The van der Waals surface area contributed by atoms with Gasteiger partial charge in [0.05, 0.1) is 11.4 Å². The van der Waals surface area contributed by atoms with Gasteiger partial charge < -0.3 is 24.4 Å². The maximum Gasteiger partial charge on any atom is 0.202 e. The standard InChI is InChI=1S/C54H38B2N2O3S/c59-47-27-15-13-25-41(47)43-29-39(57(35-17-5-1-6-18-35)36-19-7-2-8-20-36)31-50-53(43)55-45-33-46-49(34-48(45)60-50)61-51-32-40(30-44(54(51)56-46)42-26-14-16-28-52(42)62)58(37-21-9-3-10-22-37)38-23-11-4-12-24-38/h1-34,55-56,59,62H. The van der Waals surface area contributed by atoms with E-state index in [2.05, 4.69) is 131 Å². The van der Waals surface area contributed by atoms with E-state index in [1.165, 1.54) is 0 Å². The van der Waals surface area contributed by atoms with E-state index in [1.54, 1.807) is 6.07 Å². The quantitative estimate of drug-likeness (QED) is 0.118. The number of hydrogen-bond acceptors (Lipinski definition) is 6. The molecule has 0 aliphatic carbocycles. The number of phenolic OH excluding ortho intramolecular Hbond substituents is 1. The lowest BCUT2D eigenvalue weighted by Crippen LogP contribution is -2.41. The van der Waals surface area contributed by atoms with Crippen LogP contribution in [0.3, 0.4) is 0 Å². The molecule has 9 aromatic carbocycles. The highest BCUT2D eigenvalue weighted by Gasteiger charge is 2.31. The van der Waals surface area contributed by atoms with Gasteiger partial charge in [-0.05, 0) is 111 Å². The predicted octanol–water partition coefficient (Wildman–Crippen LogP) is 10.9. The molecule has 2 heterocycles. The van der Waals surface area contributed by atoms with Gasteiger partial charge in [-0.15, -0.1) is 12.6 Å². The molecule has 0 unspecified atom stereocenters. The fraction of sp³-hybridized carbons (Fsp3) is 0. The van der Waals surface area contributed by atoms with Crippen molar-refractivity contribution < 1.29 is 14.6 Å². The highest BCUT2D eigenvalue weighted by Crippen LogP contribution is 2.44. The van der Waals surface area contributed by atoms with E-state index in [4.69, 9.17) is 22.1 Å². The summed E-state index contributed by atoms with van der Waals surface area (Å²) in [5.74, 6) is 3.25. The minimum Gasteiger partial charge on any atom is -0.507 e. The maximum atomic E-state index is 11.3. The average molecular weight is 817 g/mol. The Labute approximate surface area is 368 Å². The fourth-order valence-electron chi connectivity index (χ4n) is 8.89. The van der Waals surface area contributed by atoms with Gasteiger partial charge in [0.2, 0.25) is 14.6 Å². The van der Waals surface area contributed by atoms with Crippen molar-refractivity contribution in [3.63, 3.8) is 0 Å². The molecule has 294 valence electrons. The molecule has 0 saturated carbocycles. The first kappa shape index (κ1) is 37.5. The second-order valence-corrected chi connectivity index (χ2v) is 16.1. The number of phenols is 1. The van der Waals surface area contributed by atoms with Crippen molar-refractivity contribution in [3.8, 4) is 51.0 Å². The first-order valence-electron chi connectivity index (χ1n) is 20.8. The molecule has 2 aliphatic heterocycles. The summed E-state index contributed by atoms with van der Waals surface area (Å²) in [5, 5.41) is 11.3. The van der Waals surface area contributed by atoms with Gasteiger partial charge in [-0.3, -0.25) is 0 Å². The third-order valence-electron chi connectivity index (χ3n) is 11.8. The highest BCUT2D eigenvalue weighted by atomic mass is 32.1. The van der Waals surface area contributed by atoms with Crippen LogP contribution in [0.2, 0.25) is 0 Å². The predicted molar refractivity (Wildman–Crippen MR) is 261 cm³/mol. The molecule has 0 spiro atoms. The molecule has 9 aromatic rings. The van der Waals surface area contributed by atoms with Crippen LogP contribution in [0.5, 0.6) is 28.7 Å². The van der Waals surface area contributed by atoms with Crippen LogP contribution in [0.1, 0.15) is 0 Å². The number of fused-ring (bicyclic) bond motifs is 4. The first-order chi connectivity index (χ1) is 30.6. The Hall–Kier alpha value is -7.54. The number of ether oxygens (including phenoxy) is 2. The van der Waals surface area contributed by atoms with Crippen molar-refractivity contribution in [3.05, 3.63) is 206 Å². The second kappa shape index (κ2) is 15.8. The minimum absolute atomic E-state index is 0.216. The largest absolute Gasteiger partial charge is 0.507 e. The van der Waals surface area contributed by atoms with Crippen molar-refractivity contribution in [1.29, 1.82) is 0 Å². The number of thiol groups is 1. The van der Waals surface area contributed by atoms with Crippen molar-refractivity contribution >= 4 is 83.2 Å². The average Bonchev–Trinajstić information content (AvgIpc) is 3.31. The number of benzene rings is 9. The normalized spacial score (nSPS) is 11.9. The number of anilines is 6. The van der Waals surface area contributed by atoms with Crippen LogP contribution in [-0.2, 0) is 0 Å². The molecule has 5 nitrogen and oxygen atoms in total. The number of nitrogens with zero attached hydrogens (tertiary/aromatic N) is 2. The zero-order valence-corrected chi connectivity index (χ0v) is 34.5. The zero-order chi connectivity index (χ0) is 41.6. The van der Waals surface area contributed by atoms with Gasteiger partial charge in [-0.1, -0.05) is 115 Å². The van der Waals surface area contributed by atoms with Crippen LogP contribution >= 0.6 is 12.6 Å². The molecule has 1 N–H and O–H groups in total. The Bertz CT molecular complexity index is 2830. The summed E-state index contributed by atoms with van der Waals surface area (Å²) in [4.78, 5) is 5.39. The van der Waals surface area contributed by atoms with Gasteiger partial charge in [0.1, 0.15) is 28.7 Å². The summed E-state index contributed by atoms with van der Waals surface area (Å²) < 4.78 is 14.0. The van der Waals surface area contributed by atoms with Crippen molar-refractivity contribution in [2.24, 2.45) is 0 Å². The Morgan fingerprint density at radius 1 is 0.355 bits per heavy atom. The summed E-state index contributed by atoms with van der Waals surface area (Å²) in [6.45, 7) is 0. The molecule has 0 bridgehead atoms. The fourth-order valence-corrected chi connectivity index (χ4v) is 9.17. The van der Waals surface area contributed by atoms with Crippen LogP contribution in [0.4, 0.5) is 34.1 Å². The van der Waals surface area contributed by atoms with Gasteiger partial charge in [0.15, 0.2) is 0 Å². The van der Waals surface area contributed by atoms with Gasteiger partial charge in [0, 0.05) is 51.4 Å². The van der Waals surface area contributed by atoms with E-state index in [0.717, 1.165) is 106 Å². The smallest absolute Gasteiger partial charge is 0.202 e. The highest BCUT2D eigenvalue weighted by molar-refractivity contribution is 7.80. The van der Waals surface area contributed by atoms with Crippen molar-refractivity contribution in [2.75, 3.05) is 9.80 Å². The Morgan fingerprint density at radius 3 is 1.18 bits per heavy atom. The van der Waals surface area contributed by atoms with E-state index in [9.17, 15) is 5.11 Å². The van der Waals surface area contributed by atoms with Crippen LogP contribution < -0.4 is 41.1 Å². The molecule has 0 radical (unpaired) electrons. The number of para-hydroxylation sites is 5. The van der Waals surface area contributed by atoms with Gasteiger partial charge in [-0.2, -0.15) is 0 Å². The summed E-state index contributed by atoms with van der Waals surface area (Å²) in [5.41, 5.74) is 14.0. The van der Waals surface area contributed by atoms with E-state index < -0.39 is 0 Å². The van der Waals surface area contributed by atoms with Crippen LogP contribution in [-0.4, -0.2) is 19.7 Å². The summed E-state index contributed by atoms with van der Waals surface area (Å²) in [6.07, 6.45) is 0. The van der Waals surface area contributed by atoms with Gasteiger partial charge >= 0.3 is 0 Å². The molecule has 0 atom stereocenters. The summed E-state index contributed by atoms with van der Waals surface area (Å²) >= 11 is 4.97. The Balaban J connectivity index is 1.04. The molecular formula is C54H38B2N2O3S. The van der Waals surface area contributed by atoms with E-state index in [1.807, 2.05) is 78.9 Å². The van der Waals surface area contributed by atoms with Gasteiger partial charge in [-0.25, -0.2) is 0 Å². The molecule has 62 heavy (non-hydrogen) atoms. The Morgan fingerprint density at radius 2 is 0.742 bits per heavy atom. The zero-order valence-electron chi connectivity index (χ0n) is 33.6. The van der Waals surface area contributed by atoms with Crippen LogP contribution in [0, 0.1) is 0 Å². The first-order valence-corrected chi connectivity index (χ1v) is 21.2. The molecule has 0 aromatic heterocycles. The molecule has 0 amide bonds. The summed E-state index contributed by atoms with van der Waals surface area (Å²) in [6, 6.07) is 70.3. The molecule has 8 heteroatoms. The monoisotopic (exact) mass is 816 g/mol. The number of rotatable bonds is 8. The molecule has 0 saturated heterocycles. The van der Waals surface area contributed by atoms with E-state index in [-0.39, 0.29) is 5.75 Å². The lowest BCUT2D eigenvalue weighted by molar-refractivity contribution is 0.466. The van der Waals surface area contributed by atoms with Crippen LogP contribution in [0.15, 0.2) is 211 Å². The lowest BCUT2D eigenvalue weighted by atomic mass is 9.55. The van der Waals surface area contributed by atoms with Crippen LogP contribution in [0.25, 0.3) is 22.3 Å². The second-order valence-electron chi connectivity index (χ2n) is 15.6. The Kier molecular flexibility index (Phi) is 9.55. The molecular weight excluding hydrogens is 778 g/mol. The number of aromatic hydroxyl groups is 1. The van der Waals surface area contributed by atoms with Crippen molar-refractivity contribution in [1.82, 2.24) is 0 Å². The van der Waals surface area contributed by atoms with Crippen molar-refractivity contribution in [2.45, 2.75) is 4.90 Å². The van der Waals surface area contributed by atoms with E-state index in [0.29, 0.717) is 14.6 Å². The summed E-state index contributed by atoms with van der Waals surface area (Å²) in [7, 11) is 1.27. The molecule has 0 fully saturated rings. The topological polar surface area (TPSA) is 45.2 Å². The third-order valence-corrected chi connectivity index (χ3v) is 12.2. The number of hydrogen-bond donors (Lipinski definition) is 2. The third kappa shape index (κ3) is 6.85. The molecule has 11 rings (SSSR count). The minimum atomic E-state index is 0.216. The SMILES string of the molecule is Oc1ccccc1-c1cc(N(c2ccccc2)c2ccccc2)cc2c1Bc1cc3c(cc1O2)Oc1cc(N(c2ccccc2)c2ccccc2)cc(-c2ccccc2S)c1B3. The van der Waals surface area contributed by atoms with E-state index >= 15 is 0 Å². The lowest BCUT2D eigenvalue weighted by Gasteiger charge is -2.31. The molecule has 2 aliphatic rings.